The summed E-state index contributed by atoms with van der Waals surface area (Å²) >= 11 is 5.95. The molecule has 0 aliphatic carbocycles. The molecule has 4 nitrogen and oxygen atoms in total. The van der Waals surface area contributed by atoms with Crippen LogP contribution in [0, 0.1) is 5.92 Å². The molecule has 1 saturated heterocycles. The SMILES string of the molecule is CN1CCC(CCNCc2ncc(Cl)n2C)CC1. The third-order valence-electron chi connectivity index (χ3n) is 3.88. The second-order valence-electron chi connectivity index (χ2n) is 5.27. The monoisotopic (exact) mass is 270 g/mol. The van der Waals surface area contributed by atoms with Crippen molar-refractivity contribution in [2.75, 3.05) is 26.7 Å². The first-order valence-electron chi connectivity index (χ1n) is 6.72. The van der Waals surface area contributed by atoms with Gasteiger partial charge in [0.05, 0.1) is 12.7 Å². The van der Waals surface area contributed by atoms with E-state index in [1.165, 1.54) is 32.4 Å². The van der Waals surface area contributed by atoms with Crippen LogP contribution in [-0.4, -0.2) is 41.1 Å². The van der Waals surface area contributed by atoms with Crippen LogP contribution in [-0.2, 0) is 13.6 Å². The lowest BCUT2D eigenvalue weighted by Gasteiger charge is -2.28. The van der Waals surface area contributed by atoms with Gasteiger partial charge in [0.1, 0.15) is 11.0 Å². The topological polar surface area (TPSA) is 33.1 Å². The standard InChI is InChI=1S/C13H23ClN4/c1-17-7-4-11(5-8-17)3-6-15-10-13-16-9-12(14)18(13)2/h9,11,15H,3-8,10H2,1-2H3. The second-order valence-corrected chi connectivity index (χ2v) is 5.66. The second kappa shape index (κ2) is 6.55. The van der Waals surface area contributed by atoms with Crippen LogP contribution in [0.15, 0.2) is 6.20 Å². The first kappa shape index (κ1) is 13.8. The Kier molecular flexibility index (Phi) is 5.03. The average Bonchev–Trinajstić information content (AvgIpc) is 2.68. The molecular formula is C13H23ClN4. The van der Waals surface area contributed by atoms with Crippen molar-refractivity contribution in [3.05, 3.63) is 17.2 Å². The number of nitrogens with zero attached hydrogens (tertiary/aromatic N) is 3. The van der Waals surface area contributed by atoms with E-state index >= 15 is 0 Å². The van der Waals surface area contributed by atoms with E-state index in [2.05, 4.69) is 22.2 Å². The van der Waals surface area contributed by atoms with E-state index in [1.807, 2.05) is 11.6 Å². The zero-order valence-corrected chi connectivity index (χ0v) is 12.1. The van der Waals surface area contributed by atoms with Crippen LogP contribution in [0.4, 0.5) is 0 Å². The highest BCUT2D eigenvalue weighted by Crippen LogP contribution is 2.18. The number of imidazole rings is 1. The van der Waals surface area contributed by atoms with Gasteiger partial charge in [-0.3, -0.25) is 0 Å². The molecule has 0 amide bonds. The van der Waals surface area contributed by atoms with E-state index in [4.69, 9.17) is 11.6 Å². The Hall–Kier alpha value is -0.580. The average molecular weight is 271 g/mol. The van der Waals surface area contributed by atoms with Gasteiger partial charge in [-0.25, -0.2) is 4.98 Å². The third kappa shape index (κ3) is 3.70. The minimum Gasteiger partial charge on any atom is -0.321 e. The zero-order valence-electron chi connectivity index (χ0n) is 11.3. The van der Waals surface area contributed by atoms with Crippen molar-refractivity contribution in [3.8, 4) is 0 Å². The van der Waals surface area contributed by atoms with Crippen molar-refractivity contribution in [2.24, 2.45) is 13.0 Å². The van der Waals surface area contributed by atoms with Crippen LogP contribution in [0.3, 0.4) is 0 Å². The van der Waals surface area contributed by atoms with Crippen molar-refractivity contribution in [1.29, 1.82) is 0 Å². The van der Waals surface area contributed by atoms with Crippen molar-refractivity contribution in [3.63, 3.8) is 0 Å². The number of nitrogens with one attached hydrogen (secondary N) is 1. The summed E-state index contributed by atoms with van der Waals surface area (Å²) in [5, 5.41) is 4.16. The summed E-state index contributed by atoms with van der Waals surface area (Å²) in [6.07, 6.45) is 5.65. The maximum absolute atomic E-state index is 5.95. The fourth-order valence-electron chi connectivity index (χ4n) is 2.45. The summed E-state index contributed by atoms with van der Waals surface area (Å²) < 4.78 is 1.92. The third-order valence-corrected chi connectivity index (χ3v) is 4.23. The Morgan fingerprint density at radius 2 is 2.11 bits per heavy atom. The molecule has 1 aliphatic heterocycles. The first-order valence-corrected chi connectivity index (χ1v) is 7.10. The molecule has 0 spiro atoms. The van der Waals surface area contributed by atoms with Gasteiger partial charge in [-0.05, 0) is 51.9 Å². The summed E-state index contributed by atoms with van der Waals surface area (Å²) in [4.78, 5) is 6.69. The molecule has 1 fully saturated rings. The van der Waals surface area contributed by atoms with Gasteiger partial charge in [-0.15, -0.1) is 0 Å². The molecule has 1 N–H and O–H groups in total. The van der Waals surface area contributed by atoms with Crippen molar-refractivity contribution >= 4 is 11.6 Å². The van der Waals surface area contributed by atoms with Gasteiger partial charge in [0, 0.05) is 7.05 Å². The Morgan fingerprint density at radius 3 is 2.72 bits per heavy atom. The molecule has 0 unspecified atom stereocenters. The minimum atomic E-state index is 0.696. The number of piperidine rings is 1. The molecule has 0 saturated carbocycles. The van der Waals surface area contributed by atoms with Crippen molar-refractivity contribution < 1.29 is 0 Å². The first-order chi connectivity index (χ1) is 8.66. The van der Waals surface area contributed by atoms with Gasteiger partial charge in [0.2, 0.25) is 0 Å². The van der Waals surface area contributed by atoms with Crippen LogP contribution in [0.2, 0.25) is 5.15 Å². The number of hydrogen-bond donors (Lipinski definition) is 1. The molecule has 2 rings (SSSR count). The van der Waals surface area contributed by atoms with Crippen LogP contribution in [0.1, 0.15) is 25.1 Å². The normalized spacial score (nSPS) is 18.4. The highest BCUT2D eigenvalue weighted by Gasteiger charge is 2.15. The molecule has 1 aromatic heterocycles. The lowest BCUT2D eigenvalue weighted by atomic mass is 9.94. The quantitative estimate of drug-likeness (QED) is 0.830. The number of halogens is 1. The summed E-state index contributed by atoms with van der Waals surface area (Å²) in [6, 6.07) is 0. The van der Waals surface area contributed by atoms with E-state index < -0.39 is 0 Å². The highest BCUT2D eigenvalue weighted by atomic mass is 35.5. The Morgan fingerprint density at radius 1 is 1.39 bits per heavy atom. The van der Waals surface area contributed by atoms with Gasteiger partial charge >= 0.3 is 0 Å². The Bertz CT molecular complexity index is 369. The van der Waals surface area contributed by atoms with Crippen LogP contribution >= 0.6 is 11.6 Å². The van der Waals surface area contributed by atoms with Gasteiger partial charge in [0.15, 0.2) is 0 Å². The molecule has 5 heteroatoms. The van der Waals surface area contributed by atoms with E-state index in [9.17, 15) is 0 Å². The minimum absolute atomic E-state index is 0.696. The van der Waals surface area contributed by atoms with Crippen molar-refractivity contribution in [2.45, 2.75) is 25.8 Å². The predicted octanol–water partition coefficient (Wildman–Crippen LogP) is 1.89. The maximum Gasteiger partial charge on any atom is 0.128 e. The largest absolute Gasteiger partial charge is 0.321 e. The van der Waals surface area contributed by atoms with E-state index in [0.29, 0.717) is 5.15 Å². The fourth-order valence-corrected chi connectivity index (χ4v) is 2.59. The molecule has 0 atom stereocenters. The Balaban J connectivity index is 1.63. The number of aromatic nitrogens is 2. The molecule has 1 aliphatic rings. The Labute approximate surface area is 114 Å². The van der Waals surface area contributed by atoms with Crippen LogP contribution < -0.4 is 5.32 Å². The summed E-state index contributed by atoms with van der Waals surface area (Å²) in [5.41, 5.74) is 0. The van der Waals surface area contributed by atoms with Gasteiger partial charge < -0.3 is 14.8 Å². The van der Waals surface area contributed by atoms with E-state index in [-0.39, 0.29) is 0 Å². The van der Waals surface area contributed by atoms with E-state index in [1.54, 1.807) is 6.20 Å². The summed E-state index contributed by atoms with van der Waals surface area (Å²) in [6.45, 7) is 4.37. The predicted molar refractivity (Wildman–Crippen MR) is 74.8 cm³/mol. The van der Waals surface area contributed by atoms with Crippen molar-refractivity contribution in [1.82, 2.24) is 19.8 Å². The zero-order chi connectivity index (χ0) is 13.0. The number of likely N-dealkylation sites (tertiary alicyclic amines) is 1. The van der Waals surface area contributed by atoms with Gasteiger partial charge in [0.25, 0.3) is 0 Å². The molecule has 0 radical (unpaired) electrons. The fraction of sp³-hybridized carbons (Fsp3) is 0.769. The molecule has 2 heterocycles. The molecule has 1 aromatic rings. The number of hydrogen-bond acceptors (Lipinski definition) is 3. The lowest BCUT2D eigenvalue weighted by Crippen LogP contribution is -2.31. The molecule has 0 bridgehead atoms. The van der Waals surface area contributed by atoms with Gasteiger partial charge in [-0.2, -0.15) is 0 Å². The molecule has 0 aromatic carbocycles. The van der Waals surface area contributed by atoms with E-state index in [0.717, 1.165) is 24.8 Å². The lowest BCUT2D eigenvalue weighted by molar-refractivity contribution is 0.211. The van der Waals surface area contributed by atoms with Crippen LogP contribution in [0.25, 0.3) is 0 Å². The molecule has 102 valence electrons. The molecule has 18 heavy (non-hydrogen) atoms. The smallest absolute Gasteiger partial charge is 0.128 e. The molecular weight excluding hydrogens is 248 g/mol. The maximum atomic E-state index is 5.95. The van der Waals surface area contributed by atoms with Gasteiger partial charge in [-0.1, -0.05) is 11.6 Å². The summed E-state index contributed by atoms with van der Waals surface area (Å²) in [7, 11) is 4.16. The summed E-state index contributed by atoms with van der Waals surface area (Å²) in [5.74, 6) is 1.89. The van der Waals surface area contributed by atoms with Crippen LogP contribution in [0.5, 0.6) is 0 Å². The number of rotatable bonds is 5. The highest BCUT2D eigenvalue weighted by molar-refractivity contribution is 6.29.